The first-order chi connectivity index (χ1) is 22.1. The number of hydrogen-bond acceptors (Lipinski definition) is 4. The molecular formula is C40H39BFN3O. The SMILES string of the molecule is CC1(C)Oc2cccc3c2N1c1cc(F)cc2c1B3c1cccc3c1N2C(C)(C)N3c1cccc(C23CC4CC(CC(C4)C2)C3)c1. The summed E-state index contributed by atoms with van der Waals surface area (Å²) in [5.41, 5.74) is 11.1. The summed E-state index contributed by atoms with van der Waals surface area (Å²) in [6, 6.07) is 26.3. The number of benzene rings is 4. The van der Waals surface area contributed by atoms with Crippen LogP contribution in [0.5, 0.6) is 5.75 Å². The van der Waals surface area contributed by atoms with Gasteiger partial charge in [-0.25, -0.2) is 4.39 Å². The standard InChI is InChI=1S/C40H39BFN3O/c1-38(2)43(28-9-5-8-26(17-28)40-20-23-14-24(21-40)16-25(15-23)22-40)31-12-6-10-29-36(31)44(38)32-18-27(42)19-33-35(32)41(29)30-11-7-13-34-37(30)45(33)39(3,4)46-34/h5-13,17-19,23-25H,14-16,20-22H2,1-4H3. The lowest BCUT2D eigenvalue weighted by molar-refractivity contribution is -0.00517. The maximum absolute atomic E-state index is 15.9. The summed E-state index contributed by atoms with van der Waals surface area (Å²) in [5, 5.41) is 0. The summed E-state index contributed by atoms with van der Waals surface area (Å²) in [6.07, 6.45) is 8.42. The second-order valence-electron chi connectivity index (χ2n) is 16.5. The number of nitrogens with zero attached hydrogens (tertiary/aromatic N) is 3. The Hall–Kier alpha value is -3.93. The van der Waals surface area contributed by atoms with Gasteiger partial charge in [0.2, 0.25) is 0 Å². The maximum atomic E-state index is 15.9. The van der Waals surface area contributed by atoms with Gasteiger partial charge in [0, 0.05) is 17.1 Å². The minimum atomic E-state index is -0.628. The van der Waals surface area contributed by atoms with Crippen molar-refractivity contribution in [3.63, 3.8) is 0 Å². The Labute approximate surface area is 271 Å². The number of fused-ring (bicyclic) bond motifs is 4. The molecule has 0 unspecified atom stereocenters. The minimum Gasteiger partial charge on any atom is -0.466 e. The molecular weight excluding hydrogens is 568 g/mol. The molecule has 46 heavy (non-hydrogen) atoms. The molecule has 0 spiro atoms. The molecule has 4 aromatic carbocycles. The van der Waals surface area contributed by atoms with Crippen LogP contribution < -0.4 is 35.8 Å². The van der Waals surface area contributed by atoms with Crippen LogP contribution in [0.25, 0.3) is 0 Å². The summed E-state index contributed by atoms with van der Waals surface area (Å²) in [7, 11) is 0. The van der Waals surface area contributed by atoms with Crippen LogP contribution in [0.3, 0.4) is 0 Å². The first-order valence-electron chi connectivity index (χ1n) is 17.4. The van der Waals surface area contributed by atoms with E-state index in [2.05, 4.69) is 103 Å². The van der Waals surface area contributed by atoms with Crippen molar-refractivity contribution in [2.75, 3.05) is 14.7 Å². The Bertz CT molecular complexity index is 2000. The smallest absolute Gasteiger partial charge is 0.252 e. The highest BCUT2D eigenvalue weighted by Crippen LogP contribution is 2.62. The summed E-state index contributed by atoms with van der Waals surface area (Å²) in [4.78, 5) is 7.21. The van der Waals surface area contributed by atoms with Gasteiger partial charge in [0.1, 0.15) is 17.2 Å². The van der Waals surface area contributed by atoms with E-state index in [0.29, 0.717) is 5.41 Å². The van der Waals surface area contributed by atoms with Crippen molar-refractivity contribution in [1.82, 2.24) is 0 Å². The van der Waals surface area contributed by atoms with E-state index in [-0.39, 0.29) is 12.5 Å². The fraction of sp³-hybridized carbons (Fsp3) is 0.400. The van der Waals surface area contributed by atoms with Gasteiger partial charge in [-0.1, -0.05) is 36.4 Å². The van der Waals surface area contributed by atoms with E-state index >= 15 is 4.39 Å². The zero-order valence-electron chi connectivity index (χ0n) is 27.1. The Morgan fingerprint density at radius 3 is 2.04 bits per heavy atom. The molecule has 8 aliphatic rings. The molecule has 0 N–H and O–H groups in total. The Morgan fingerprint density at radius 1 is 0.696 bits per heavy atom. The highest BCUT2D eigenvalue weighted by molar-refractivity contribution is 7.00. The van der Waals surface area contributed by atoms with Gasteiger partial charge < -0.3 is 19.4 Å². The van der Waals surface area contributed by atoms with Gasteiger partial charge in [-0.2, -0.15) is 0 Å². The normalized spacial score (nSPS) is 29.1. The molecule has 12 rings (SSSR count). The van der Waals surface area contributed by atoms with E-state index in [4.69, 9.17) is 4.74 Å². The number of ether oxygens (including phenoxy) is 1. The first-order valence-corrected chi connectivity index (χ1v) is 17.4. The zero-order valence-corrected chi connectivity index (χ0v) is 27.1. The highest BCUT2D eigenvalue weighted by atomic mass is 19.1. The fourth-order valence-electron chi connectivity index (χ4n) is 12.0. The molecule has 0 aromatic heterocycles. The fourth-order valence-corrected chi connectivity index (χ4v) is 12.0. The first kappa shape index (κ1) is 26.2. The van der Waals surface area contributed by atoms with E-state index in [1.54, 1.807) is 12.1 Å². The molecule has 4 aromatic rings. The number of para-hydroxylation sites is 2. The third-order valence-corrected chi connectivity index (χ3v) is 13.0. The van der Waals surface area contributed by atoms with Crippen molar-refractivity contribution in [3.8, 4) is 5.75 Å². The molecule has 4 bridgehead atoms. The molecule has 4 heterocycles. The van der Waals surface area contributed by atoms with Gasteiger partial charge in [0.15, 0.2) is 5.72 Å². The summed E-state index contributed by atoms with van der Waals surface area (Å²) in [6.45, 7) is 8.78. The molecule has 0 amide bonds. The number of rotatable bonds is 2. The average molecular weight is 608 g/mol. The topological polar surface area (TPSA) is 19.0 Å². The Balaban J connectivity index is 1.13. The lowest BCUT2D eigenvalue weighted by Gasteiger charge is -2.57. The second-order valence-corrected chi connectivity index (χ2v) is 16.5. The van der Waals surface area contributed by atoms with Gasteiger partial charge in [-0.3, -0.25) is 0 Å². The molecule has 230 valence electrons. The van der Waals surface area contributed by atoms with Crippen LogP contribution in [0.15, 0.2) is 72.8 Å². The van der Waals surface area contributed by atoms with Crippen molar-refractivity contribution >= 4 is 57.2 Å². The van der Waals surface area contributed by atoms with Crippen LogP contribution >= 0.6 is 0 Å². The van der Waals surface area contributed by atoms with Crippen molar-refractivity contribution in [2.24, 2.45) is 17.8 Å². The quantitative estimate of drug-likeness (QED) is 0.217. The van der Waals surface area contributed by atoms with Crippen LogP contribution in [0.2, 0.25) is 0 Å². The molecule has 4 nitrogen and oxygen atoms in total. The molecule has 4 aliphatic heterocycles. The van der Waals surface area contributed by atoms with Crippen molar-refractivity contribution in [3.05, 3.63) is 84.2 Å². The predicted octanol–water partition coefficient (Wildman–Crippen LogP) is 7.73. The number of anilines is 6. The van der Waals surface area contributed by atoms with Crippen LogP contribution in [0.1, 0.15) is 71.8 Å². The van der Waals surface area contributed by atoms with E-state index in [1.165, 1.54) is 77.5 Å². The summed E-state index contributed by atoms with van der Waals surface area (Å²) < 4.78 is 22.4. The summed E-state index contributed by atoms with van der Waals surface area (Å²) in [5.74, 6) is 3.38. The van der Waals surface area contributed by atoms with Crippen molar-refractivity contribution in [2.45, 2.75) is 83.0 Å². The van der Waals surface area contributed by atoms with Crippen LogP contribution in [-0.4, -0.2) is 18.1 Å². The Morgan fingerprint density at radius 2 is 1.33 bits per heavy atom. The lowest BCUT2D eigenvalue weighted by atomic mass is 9.33. The van der Waals surface area contributed by atoms with Gasteiger partial charge >= 0.3 is 0 Å². The monoisotopic (exact) mass is 607 g/mol. The third kappa shape index (κ3) is 3.03. The molecule has 4 aliphatic carbocycles. The van der Waals surface area contributed by atoms with Crippen LogP contribution in [0.4, 0.5) is 38.5 Å². The maximum Gasteiger partial charge on any atom is 0.252 e. The van der Waals surface area contributed by atoms with Gasteiger partial charge in [-0.15, -0.1) is 0 Å². The molecule has 0 saturated heterocycles. The lowest BCUT2D eigenvalue weighted by Crippen LogP contribution is -2.65. The molecule has 6 heteroatoms. The average Bonchev–Trinajstić information content (AvgIpc) is 3.42. The predicted molar refractivity (Wildman–Crippen MR) is 185 cm³/mol. The van der Waals surface area contributed by atoms with E-state index in [1.807, 2.05) is 0 Å². The van der Waals surface area contributed by atoms with Crippen molar-refractivity contribution < 1.29 is 9.13 Å². The zero-order chi connectivity index (χ0) is 30.9. The molecule has 4 saturated carbocycles. The van der Waals surface area contributed by atoms with Crippen molar-refractivity contribution in [1.29, 1.82) is 0 Å². The summed E-state index contributed by atoms with van der Waals surface area (Å²) >= 11 is 0. The second kappa shape index (κ2) is 8.13. The van der Waals surface area contributed by atoms with Gasteiger partial charge in [0.25, 0.3) is 6.71 Å². The van der Waals surface area contributed by atoms with Gasteiger partial charge in [-0.05, 0) is 148 Å². The largest absolute Gasteiger partial charge is 0.466 e. The third-order valence-electron chi connectivity index (χ3n) is 13.0. The highest BCUT2D eigenvalue weighted by Gasteiger charge is 2.56. The Kier molecular flexibility index (Phi) is 4.63. The molecule has 0 atom stereocenters. The minimum absolute atomic E-state index is 0.00499. The van der Waals surface area contributed by atoms with E-state index in [0.717, 1.165) is 40.6 Å². The number of hydrogen-bond donors (Lipinski definition) is 0. The van der Waals surface area contributed by atoms with Crippen LogP contribution in [-0.2, 0) is 5.41 Å². The number of halogens is 1. The van der Waals surface area contributed by atoms with E-state index in [9.17, 15) is 0 Å². The molecule has 0 radical (unpaired) electrons. The van der Waals surface area contributed by atoms with Gasteiger partial charge in [0.05, 0.1) is 17.1 Å². The van der Waals surface area contributed by atoms with Crippen LogP contribution in [0, 0.1) is 23.6 Å². The molecule has 4 fully saturated rings. The van der Waals surface area contributed by atoms with E-state index < -0.39 is 11.4 Å².